The summed E-state index contributed by atoms with van der Waals surface area (Å²) in [5.41, 5.74) is 1.77. The Labute approximate surface area is 173 Å². The highest BCUT2D eigenvalue weighted by atomic mass is 19.1. The lowest BCUT2D eigenvalue weighted by molar-refractivity contribution is 0.0881. The standard InChI is InChI=1S/C26H28FNO/c1-19(28(3)4)18-26(21-12-7-5-8-13-21,22-14-9-6-10-15-22)25(29)23-16-11-17-24(27)20(23)2/h5-17,19H,18H2,1-4H3/t19-/m0/s1. The van der Waals surface area contributed by atoms with E-state index in [1.165, 1.54) is 6.07 Å². The van der Waals surface area contributed by atoms with Crippen molar-refractivity contribution in [2.45, 2.75) is 31.7 Å². The van der Waals surface area contributed by atoms with E-state index in [1.807, 2.05) is 74.8 Å². The van der Waals surface area contributed by atoms with Gasteiger partial charge in [0.1, 0.15) is 5.82 Å². The summed E-state index contributed by atoms with van der Waals surface area (Å²) in [4.78, 5) is 16.3. The number of hydrogen-bond donors (Lipinski definition) is 0. The summed E-state index contributed by atoms with van der Waals surface area (Å²) in [7, 11) is 4.03. The molecule has 0 saturated carbocycles. The molecule has 2 nitrogen and oxygen atoms in total. The van der Waals surface area contributed by atoms with Gasteiger partial charge in [0.2, 0.25) is 0 Å². The molecular weight excluding hydrogens is 361 g/mol. The van der Waals surface area contributed by atoms with Crippen molar-refractivity contribution in [3.8, 4) is 0 Å². The van der Waals surface area contributed by atoms with Gasteiger partial charge in [0.25, 0.3) is 0 Å². The van der Waals surface area contributed by atoms with Crippen molar-refractivity contribution in [2.24, 2.45) is 0 Å². The van der Waals surface area contributed by atoms with Gasteiger partial charge in [-0.1, -0.05) is 72.8 Å². The zero-order chi connectivity index (χ0) is 21.0. The van der Waals surface area contributed by atoms with E-state index in [-0.39, 0.29) is 17.6 Å². The summed E-state index contributed by atoms with van der Waals surface area (Å²) in [5, 5.41) is 0. The fourth-order valence-electron chi connectivity index (χ4n) is 3.91. The van der Waals surface area contributed by atoms with Crippen LogP contribution >= 0.6 is 0 Å². The van der Waals surface area contributed by atoms with Crippen LogP contribution in [0, 0.1) is 12.7 Å². The molecule has 0 bridgehead atoms. The average molecular weight is 390 g/mol. The second-order valence-electron chi connectivity index (χ2n) is 7.90. The maximum Gasteiger partial charge on any atom is 0.178 e. The molecule has 150 valence electrons. The smallest absolute Gasteiger partial charge is 0.178 e. The van der Waals surface area contributed by atoms with Crippen molar-refractivity contribution in [1.29, 1.82) is 0 Å². The van der Waals surface area contributed by atoms with Crippen molar-refractivity contribution < 1.29 is 9.18 Å². The number of hydrogen-bond acceptors (Lipinski definition) is 2. The quantitative estimate of drug-likeness (QED) is 0.487. The lowest BCUT2D eigenvalue weighted by Crippen LogP contribution is -2.43. The van der Waals surface area contributed by atoms with Crippen LogP contribution < -0.4 is 0 Å². The molecule has 0 radical (unpaired) electrons. The molecule has 0 aliphatic heterocycles. The first-order valence-corrected chi connectivity index (χ1v) is 9.95. The van der Waals surface area contributed by atoms with Crippen LogP contribution in [0.2, 0.25) is 0 Å². The molecule has 3 heteroatoms. The molecule has 3 aromatic carbocycles. The highest BCUT2D eigenvalue weighted by Crippen LogP contribution is 2.41. The van der Waals surface area contributed by atoms with E-state index >= 15 is 0 Å². The summed E-state index contributed by atoms with van der Waals surface area (Å²) in [5.74, 6) is -0.424. The van der Waals surface area contributed by atoms with Gasteiger partial charge in [-0.15, -0.1) is 0 Å². The normalized spacial score (nSPS) is 12.8. The second-order valence-corrected chi connectivity index (χ2v) is 7.90. The van der Waals surface area contributed by atoms with E-state index in [1.54, 1.807) is 19.1 Å². The Bertz CT molecular complexity index is 927. The average Bonchev–Trinajstić information content (AvgIpc) is 2.74. The molecule has 0 N–H and O–H groups in total. The lowest BCUT2D eigenvalue weighted by Gasteiger charge is -2.38. The minimum Gasteiger partial charge on any atom is -0.307 e. The first-order valence-electron chi connectivity index (χ1n) is 9.95. The summed E-state index contributed by atoms with van der Waals surface area (Å²) in [6.07, 6.45) is 0.586. The van der Waals surface area contributed by atoms with Gasteiger partial charge in [-0.3, -0.25) is 4.79 Å². The largest absolute Gasteiger partial charge is 0.307 e. The predicted molar refractivity (Wildman–Crippen MR) is 117 cm³/mol. The summed E-state index contributed by atoms with van der Waals surface area (Å²) >= 11 is 0. The molecule has 0 aliphatic carbocycles. The van der Waals surface area contributed by atoms with Crippen molar-refractivity contribution in [3.63, 3.8) is 0 Å². The molecule has 29 heavy (non-hydrogen) atoms. The highest BCUT2D eigenvalue weighted by Gasteiger charge is 2.44. The molecule has 1 atom stereocenters. The molecule has 0 amide bonds. The summed E-state index contributed by atoms with van der Waals surface area (Å²) in [6, 6.07) is 24.6. The molecule has 0 fully saturated rings. The maximum atomic E-state index is 14.4. The van der Waals surface area contributed by atoms with Gasteiger partial charge in [-0.05, 0) is 57.1 Å². The van der Waals surface area contributed by atoms with Crippen molar-refractivity contribution in [1.82, 2.24) is 4.90 Å². The van der Waals surface area contributed by atoms with E-state index in [0.717, 1.165) is 11.1 Å². The minimum atomic E-state index is -0.912. The number of Topliss-reactive ketones (excluding diaryl/α,β-unsaturated/α-hetero) is 1. The number of carbonyl (C=O) groups is 1. The molecule has 0 spiro atoms. The van der Waals surface area contributed by atoms with Gasteiger partial charge < -0.3 is 4.90 Å². The third-order valence-electron chi connectivity index (χ3n) is 5.92. The number of benzene rings is 3. The Morgan fingerprint density at radius 1 is 0.897 bits per heavy atom. The van der Waals surface area contributed by atoms with Crippen LogP contribution in [0.1, 0.15) is 40.4 Å². The van der Waals surface area contributed by atoms with Crippen LogP contribution in [0.25, 0.3) is 0 Å². The third kappa shape index (κ3) is 4.01. The van der Waals surface area contributed by atoms with E-state index < -0.39 is 5.41 Å². The molecule has 0 saturated heterocycles. The minimum absolute atomic E-state index is 0.0689. The van der Waals surface area contributed by atoms with Crippen molar-refractivity contribution >= 4 is 5.78 Å². The maximum absolute atomic E-state index is 14.4. The number of nitrogens with zero attached hydrogens (tertiary/aromatic N) is 1. The van der Waals surface area contributed by atoms with E-state index in [2.05, 4.69) is 11.8 Å². The fourth-order valence-corrected chi connectivity index (χ4v) is 3.91. The summed E-state index contributed by atoms with van der Waals surface area (Å²) in [6.45, 7) is 3.80. The zero-order valence-electron chi connectivity index (χ0n) is 17.5. The molecule has 0 heterocycles. The topological polar surface area (TPSA) is 20.3 Å². The number of ketones is 1. The van der Waals surface area contributed by atoms with Gasteiger partial charge in [0.15, 0.2) is 5.78 Å². The molecule has 0 unspecified atom stereocenters. The third-order valence-corrected chi connectivity index (χ3v) is 5.92. The van der Waals surface area contributed by atoms with Crippen LogP contribution in [-0.2, 0) is 5.41 Å². The number of carbonyl (C=O) groups excluding carboxylic acids is 1. The predicted octanol–water partition coefficient (Wildman–Crippen LogP) is 5.64. The van der Waals surface area contributed by atoms with Crippen LogP contribution in [-0.4, -0.2) is 30.8 Å². The summed E-state index contributed by atoms with van der Waals surface area (Å²) < 4.78 is 14.4. The van der Waals surface area contributed by atoms with Crippen LogP contribution in [0.5, 0.6) is 0 Å². The fraction of sp³-hybridized carbons (Fsp3) is 0.269. The first-order chi connectivity index (χ1) is 13.9. The molecule has 0 aromatic heterocycles. The monoisotopic (exact) mass is 389 g/mol. The van der Waals surface area contributed by atoms with Crippen LogP contribution in [0.4, 0.5) is 4.39 Å². The zero-order valence-corrected chi connectivity index (χ0v) is 17.5. The van der Waals surface area contributed by atoms with Gasteiger partial charge in [0.05, 0.1) is 5.41 Å². The Morgan fingerprint density at radius 2 is 1.41 bits per heavy atom. The first kappa shape index (κ1) is 20.9. The van der Waals surface area contributed by atoms with Gasteiger partial charge in [0, 0.05) is 11.6 Å². The molecule has 3 aromatic rings. The highest BCUT2D eigenvalue weighted by molar-refractivity contribution is 6.07. The number of rotatable bonds is 7. The van der Waals surface area contributed by atoms with Gasteiger partial charge in [-0.25, -0.2) is 4.39 Å². The van der Waals surface area contributed by atoms with Crippen LogP contribution in [0.15, 0.2) is 78.9 Å². The van der Waals surface area contributed by atoms with E-state index in [4.69, 9.17) is 0 Å². The molecule has 0 aliphatic rings. The number of halogens is 1. The Balaban J connectivity index is 2.32. The van der Waals surface area contributed by atoms with Gasteiger partial charge in [-0.2, -0.15) is 0 Å². The Hall–Kier alpha value is -2.78. The SMILES string of the molecule is Cc1c(F)cccc1C(=O)C(C[C@H](C)N(C)C)(c1ccccc1)c1ccccc1. The molecular formula is C26H28FNO. The van der Waals surface area contributed by atoms with Gasteiger partial charge >= 0.3 is 0 Å². The Morgan fingerprint density at radius 3 is 1.90 bits per heavy atom. The van der Waals surface area contributed by atoms with E-state index in [9.17, 15) is 9.18 Å². The van der Waals surface area contributed by atoms with Crippen LogP contribution in [0.3, 0.4) is 0 Å². The van der Waals surface area contributed by atoms with E-state index in [0.29, 0.717) is 17.5 Å². The molecule has 3 rings (SSSR count). The van der Waals surface area contributed by atoms with Crippen molar-refractivity contribution in [3.05, 3.63) is 107 Å². The van der Waals surface area contributed by atoms with Crippen molar-refractivity contribution in [2.75, 3.05) is 14.1 Å². The second kappa shape index (κ2) is 8.71. The lowest BCUT2D eigenvalue weighted by atomic mass is 9.65. The Kier molecular flexibility index (Phi) is 6.29.